The van der Waals surface area contributed by atoms with Crippen LogP contribution in [0, 0.1) is 0 Å². The van der Waals surface area contributed by atoms with E-state index in [1.54, 1.807) is 0 Å². The zero-order valence-electron chi connectivity index (χ0n) is 13.2. The Kier molecular flexibility index (Phi) is 8.03. The maximum Gasteiger partial charge on any atom is 0.185 e. The van der Waals surface area contributed by atoms with Crippen LogP contribution in [0.4, 0.5) is 0 Å². The molecule has 0 saturated heterocycles. The zero-order chi connectivity index (χ0) is 15.0. The van der Waals surface area contributed by atoms with Gasteiger partial charge in [0.2, 0.25) is 0 Å². The van der Waals surface area contributed by atoms with Gasteiger partial charge in [0.25, 0.3) is 0 Å². The van der Waals surface area contributed by atoms with Crippen molar-refractivity contribution in [2.45, 2.75) is 39.6 Å². The summed E-state index contributed by atoms with van der Waals surface area (Å²) in [5.41, 5.74) is 1.25. The summed E-state index contributed by atoms with van der Waals surface area (Å²) in [6.07, 6.45) is 2.38. The van der Waals surface area contributed by atoms with Crippen LogP contribution in [0.15, 0.2) is 40.6 Å². The minimum Gasteiger partial charge on any atom is -0.407 e. The maximum absolute atomic E-state index is 6.38. The highest BCUT2D eigenvalue weighted by molar-refractivity contribution is 8.22. The molecular formula is C16H26OS2Si. The highest BCUT2D eigenvalue weighted by Crippen LogP contribution is 2.33. The minimum atomic E-state index is -1.58. The molecule has 1 aromatic rings. The smallest absolute Gasteiger partial charge is 0.185 e. The summed E-state index contributed by atoms with van der Waals surface area (Å²) in [6, 6.07) is 10.5. The second-order valence-electron chi connectivity index (χ2n) is 5.41. The molecule has 112 valence electrons. The van der Waals surface area contributed by atoms with Gasteiger partial charge < -0.3 is 4.43 Å². The topological polar surface area (TPSA) is 9.23 Å². The zero-order valence-corrected chi connectivity index (χ0v) is 15.8. The second-order valence-corrected chi connectivity index (χ2v) is 12.7. The first-order valence-electron chi connectivity index (χ1n) is 7.16. The van der Waals surface area contributed by atoms with E-state index in [0.29, 0.717) is 0 Å². The van der Waals surface area contributed by atoms with Crippen LogP contribution in [0.3, 0.4) is 0 Å². The molecule has 4 heteroatoms. The number of hydrogen-bond donors (Lipinski definition) is 0. The first-order chi connectivity index (χ1) is 9.46. The number of rotatable bonds is 8. The molecule has 1 rings (SSSR count). The third-order valence-electron chi connectivity index (χ3n) is 2.47. The Balaban J connectivity index is 3.00. The van der Waals surface area contributed by atoms with Gasteiger partial charge >= 0.3 is 0 Å². The average molecular weight is 327 g/mol. The van der Waals surface area contributed by atoms with E-state index in [-0.39, 0.29) is 6.10 Å². The molecule has 0 fully saturated rings. The van der Waals surface area contributed by atoms with E-state index in [1.165, 1.54) is 9.80 Å². The van der Waals surface area contributed by atoms with Crippen molar-refractivity contribution in [2.24, 2.45) is 0 Å². The highest BCUT2D eigenvalue weighted by Gasteiger charge is 2.21. The normalized spacial score (nSPS) is 13.1. The lowest BCUT2D eigenvalue weighted by Crippen LogP contribution is -2.27. The molecular weight excluding hydrogens is 300 g/mol. The molecule has 0 heterocycles. The lowest BCUT2D eigenvalue weighted by atomic mass is 10.1. The Morgan fingerprint density at radius 1 is 1.10 bits per heavy atom. The van der Waals surface area contributed by atoms with Crippen LogP contribution in [0.2, 0.25) is 19.6 Å². The number of benzene rings is 1. The molecule has 0 radical (unpaired) electrons. The van der Waals surface area contributed by atoms with Crippen LogP contribution in [-0.4, -0.2) is 19.8 Å². The fraction of sp³-hybridized carbons (Fsp3) is 0.500. The van der Waals surface area contributed by atoms with Gasteiger partial charge in [-0.05, 0) is 42.8 Å². The van der Waals surface area contributed by atoms with E-state index < -0.39 is 8.32 Å². The second kappa shape index (κ2) is 8.98. The molecule has 0 aliphatic carbocycles. The molecule has 1 unspecified atom stereocenters. The SMILES string of the molecule is CCSC(=CC(O[Si](C)(C)C)c1ccccc1)SCC. The monoisotopic (exact) mass is 326 g/mol. The van der Waals surface area contributed by atoms with Crippen LogP contribution in [0.1, 0.15) is 25.5 Å². The van der Waals surface area contributed by atoms with Gasteiger partial charge in [-0.3, -0.25) is 0 Å². The van der Waals surface area contributed by atoms with Gasteiger partial charge in [-0.15, -0.1) is 23.5 Å². The lowest BCUT2D eigenvalue weighted by molar-refractivity contribution is 0.248. The summed E-state index contributed by atoms with van der Waals surface area (Å²) in [6.45, 7) is 11.1. The Hall–Kier alpha value is -0.163. The quantitative estimate of drug-likeness (QED) is 0.548. The van der Waals surface area contributed by atoms with E-state index in [4.69, 9.17) is 4.43 Å². The Bertz CT molecular complexity index is 404. The first kappa shape index (κ1) is 17.9. The Morgan fingerprint density at radius 3 is 2.10 bits per heavy atom. The van der Waals surface area contributed by atoms with E-state index in [9.17, 15) is 0 Å². The fourth-order valence-electron chi connectivity index (χ4n) is 1.77. The van der Waals surface area contributed by atoms with Crippen LogP contribution < -0.4 is 0 Å². The van der Waals surface area contributed by atoms with Crippen molar-refractivity contribution >= 4 is 31.8 Å². The summed E-state index contributed by atoms with van der Waals surface area (Å²) in [5, 5.41) is 0. The largest absolute Gasteiger partial charge is 0.407 e. The van der Waals surface area contributed by atoms with E-state index in [1.807, 2.05) is 23.5 Å². The van der Waals surface area contributed by atoms with Crippen LogP contribution >= 0.6 is 23.5 Å². The Labute approximate surface area is 133 Å². The summed E-state index contributed by atoms with van der Waals surface area (Å²) in [7, 11) is -1.58. The predicted molar refractivity (Wildman–Crippen MR) is 98.0 cm³/mol. The van der Waals surface area contributed by atoms with Crippen molar-refractivity contribution < 1.29 is 4.43 Å². The van der Waals surface area contributed by atoms with E-state index >= 15 is 0 Å². The van der Waals surface area contributed by atoms with Crippen molar-refractivity contribution in [3.8, 4) is 0 Å². The number of hydrogen-bond acceptors (Lipinski definition) is 3. The summed E-state index contributed by atoms with van der Waals surface area (Å²) in [4.78, 5) is 0. The molecule has 0 aliphatic heterocycles. The van der Waals surface area contributed by atoms with Gasteiger partial charge in [-0.2, -0.15) is 0 Å². The standard InChI is InChI=1S/C16H26OS2Si/c1-6-18-16(19-7-2)13-15(17-20(3,4)5)14-11-9-8-10-12-14/h8-13,15H,6-7H2,1-5H3. The molecule has 1 atom stereocenters. The lowest BCUT2D eigenvalue weighted by Gasteiger charge is -2.25. The number of thioether (sulfide) groups is 2. The van der Waals surface area contributed by atoms with Crippen molar-refractivity contribution in [3.05, 3.63) is 46.2 Å². The van der Waals surface area contributed by atoms with Crippen molar-refractivity contribution in [2.75, 3.05) is 11.5 Å². The van der Waals surface area contributed by atoms with Crippen LogP contribution in [0.5, 0.6) is 0 Å². The third-order valence-corrected chi connectivity index (χ3v) is 5.56. The van der Waals surface area contributed by atoms with Crippen molar-refractivity contribution in [1.82, 2.24) is 0 Å². The van der Waals surface area contributed by atoms with Crippen molar-refractivity contribution in [3.63, 3.8) is 0 Å². The van der Waals surface area contributed by atoms with Gasteiger partial charge in [-0.1, -0.05) is 44.2 Å². The van der Waals surface area contributed by atoms with Gasteiger partial charge in [0.05, 0.1) is 6.10 Å². The molecule has 0 bridgehead atoms. The van der Waals surface area contributed by atoms with Gasteiger partial charge in [0.1, 0.15) is 0 Å². The summed E-state index contributed by atoms with van der Waals surface area (Å²) >= 11 is 3.82. The fourth-order valence-corrected chi connectivity index (χ4v) is 4.78. The predicted octanol–water partition coefficient (Wildman–Crippen LogP) is 5.93. The molecule has 0 N–H and O–H groups in total. The molecule has 0 spiro atoms. The average Bonchev–Trinajstić information content (AvgIpc) is 2.38. The molecule has 0 saturated carbocycles. The van der Waals surface area contributed by atoms with Gasteiger partial charge in [0, 0.05) is 4.24 Å². The highest BCUT2D eigenvalue weighted by atomic mass is 32.2. The molecule has 20 heavy (non-hydrogen) atoms. The van der Waals surface area contributed by atoms with Crippen LogP contribution in [0.25, 0.3) is 0 Å². The van der Waals surface area contributed by atoms with Crippen molar-refractivity contribution in [1.29, 1.82) is 0 Å². The molecule has 0 aliphatic rings. The molecule has 1 aromatic carbocycles. The summed E-state index contributed by atoms with van der Waals surface area (Å²) < 4.78 is 7.76. The van der Waals surface area contributed by atoms with Crippen LogP contribution in [-0.2, 0) is 4.43 Å². The molecule has 1 nitrogen and oxygen atoms in total. The van der Waals surface area contributed by atoms with E-state index in [0.717, 1.165) is 11.5 Å². The molecule has 0 amide bonds. The maximum atomic E-state index is 6.38. The van der Waals surface area contributed by atoms with Gasteiger partial charge in [-0.25, -0.2) is 0 Å². The third kappa shape index (κ3) is 7.02. The van der Waals surface area contributed by atoms with Gasteiger partial charge in [0.15, 0.2) is 8.32 Å². The summed E-state index contributed by atoms with van der Waals surface area (Å²) in [5.74, 6) is 2.21. The van der Waals surface area contributed by atoms with E-state index in [2.05, 4.69) is 69.9 Å². The molecule has 0 aromatic heterocycles. The minimum absolute atomic E-state index is 0.0796. The first-order valence-corrected chi connectivity index (χ1v) is 12.5. The Morgan fingerprint density at radius 2 is 1.65 bits per heavy atom.